The molecule has 0 aliphatic carbocycles. The Morgan fingerprint density at radius 3 is 2.61 bits per heavy atom. The van der Waals surface area contributed by atoms with E-state index >= 15 is 0 Å². The summed E-state index contributed by atoms with van der Waals surface area (Å²) in [6.45, 7) is 5.44. The molecule has 0 aliphatic rings. The van der Waals surface area contributed by atoms with E-state index in [4.69, 9.17) is 9.47 Å². The maximum absolute atomic E-state index is 11.6. The van der Waals surface area contributed by atoms with Crippen molar-refractivity contribution in [2.75, 3.05) is 13.7 Å². The van der Waals surface area contributed by atoms with Crippen LogP contribution in [0.1, 0.15) is 25.0 Å². The predicted octanol–water partition coefficient (Wildman–Crippen LogP) is 1.87. The van der Waals surface area contributed by atoms with Crippen molar-refractivity contribution in [2.45, 2.75) is 33.1 Å². The summed E-state index contributed by atoms with van der Waals surface area (Å²) in [5.41, 5.74) is 2.17. The van der Waals surface area contributed by atoms with Gasteiger partial charge in [0, 0.05) is 20.3 Å². The molecule has 1 aromatic carbocycles. The van der Waals surface area contributed by atoms with Gasteiger partial charge in [-0.05, 0) is 25.0 Å². The van der Waals surface area contributed by atoms with Crippen molar-refractivity contribution in [3.63, 3.8) is 0 Å². The molecular weight excluding hydrogens is 230 g/mol. The van der Waals surface area contributed by atoms with Crippen molar-refractivity contribution < 1.29 is 14.3 Å². The fourth-order valence-corrected chi connectivity index (χ4v) is 1.52. The monoisotopic (exact) mass is 251 g/mol. The van der Waals surface area contributed by atoms with Crippen LogP contribution in [0.5, 0.6) is 0 Å². The Labute approximate surface area is 108 Å². The van der Waals surface area contributed by atoms with Crippen LogP contribution in [0.25, 0.3) is 0 Å². The number of hydrogen-bond acceptors (Lipinski definition) is 3. The number of carbonyl (C=O) groups is 1. The highest BCUT2D eigenvalue weighted by molar-refractivity contribution is 5.80. The lowest BCUT2D eigenvalue weighted by Gasteiger charge is -2.13. The minimum absolute atomic E-state index is 0.108. The minimum atomic E-state index is -0.427. The largest absolute Gasteiger partial charge is 0.377 e. The van der Waals surface area contributed by atoms with Gasteiger partial charge in [0.2, 0.25) is 5.91 Å². The molecule has 0 heterocycles. The lowest BCUT2D eigenvalue weighted by Crippen LogP contribution is -2.33. The Bertz CT molecular complexity index is 379. The van der Waals surface area contributed by atoms with Crippen molar-refractivity contribution in [3.05, 3.63) is 35.4 Å². The van der Waals surface area contributed by atoms with Crippen molar-refractivity contribution >= 4 is 5.91 Å². The first-order valence-electron chi connectivity index (χ1n) is 6.14. The molecule has 0 spiro atoms. The van der Waals surface area contributed by atoms with Gasteiger partial charge in [-0.25, -0.2) is 0 Å². The molecule has 0 radical (unpaired) electrons. The molecule has 18 heavy (non-hydrogen) atoms. The van der Waals surface area contributed by atoms with E-state index in [1.54, 1.807) is 6.92 Å². The van der Waals surface area contributed by atoms with Crippen molar-refractivity contribution in [1.29, 1.82) is 0 Å². The Morgan fingerprint density at radius 2 is 2.00 bits per heavy atom. The third kappa shape index (κ3) is 4.47. The topological polar surface area (TPSA) is 47.6 Å². The van der Waals surface area contributed by atoms with E-state index in [-0.39, 0.29) is 5.91 Å². The third-order valence-corrected chi connectivity index (χ3v) is 2.76. The highest BCUT2D eigenvalue weighted by Crippen LogP contribution is 2.10. The number of methoxy groups -OCH3 is 1. The summed E-state index contributed by atoms with van der Waals surface area (Å²) < 4.78 is 10.4. The molecule has 1 amide bonds. The van der Waals surface area contributed by atoms with Crippen LogP contribution in [0.15, 0.2) is 24.3 Å². The van der Waals surface area contributed by atoms with E-state index in [9.17, 15) is 4.79 Å². The molecule has 1 aromatic rings. The predicted molar refractivity (Wildman–Crippen MR) is 70.1 cm³/mol. The molecule has 4 heteroatoms. The highest BCUT2D eigenvalue weighted by Gasteiger charge is 2.11. The van der Waals surface area contributed by atoms with Crippen molar-refractivity contribution in [1.82, 2.24) is 5.32 Å². The van der Waals surface area contributed by atoms with E-state index in [0.717, 1.165) is 11.1 Å². The molecule has 1 atom stereocenters. The molecule has 4 nitrogen and oxygen atoms in total. The van der Waals surface area contributed by atoms with Gasteiger partial charge in [0.15, 0.2) is 0 Å². The number of nitrogens with one attached hydrogen (secondary N) is 1. The first kappa shape index (κ1) is 14.7. The van der Waals surface area contributed by atoms with Crippen LogP contribution in [0, 0.1) is 0 Å². The van der Waals surface area contributed by atoms with Gasteiger partial charge in [-0.15, -0.1) is 0 Å². The summed E-state index contributed by atoms with van der Waals surface area (Å²) in [5.74, 6) is -0.108. The Morgan fingerprint density at radius 1 is 1.33 bits per heavy atom. The maximum Gasteiger partial charge on any atom is 0.249 e. The number of carbonyl (C=O) groups excluding carboxylic acids is 1. The molecule has 100 valence electrons. The molecule has 1 N–H and O–H groups in total. The number of amides is 1. The molecule has 0 fully saturated rings. The van der Waals surface area contributed by atoms with Crippen LogP contribution in [-0.2, 0) is 27.4 Å². The van der Waals surface area contributed by atoms with Crippen LogP contribution in [0.2, 0.25) is 0 Å². The van der Waals surface area contributed by atoms with E-state index < -0.39 is 6.10 Å². The Hall–Kier alpha value is -1.39. The standard InChI is InChI=1S/C14H21NO3/c1-4-18-10-13-8-6-5-7-12(13)9-15-14(16)11(2)17-3/h5-8,11H,4,9-10H2,1-3H3,(H,15,16). The highest BCUT2D eigenvalue weighted by atomic mass is 16.5. The lowest BCUT2D eigenvalue weighted by molar-refractivity contribution is -0.130. The number of rotatable bonds is 7. The van der Waals surface area contributed by atoms with Crippen LogP contribution in [0.4, 0.5) is 0 Å². The second kappa shape index (κ2) is 7.84. The van der Waals surface area contributed by atoms with Gasteiger partial charge in [0.05, 0.1) is 6.61 Å². The van der Waals surface area contributed by atoms with E-state index in [2.05, 4.69) is 5.32 Å². The average molecular weight is 251 g/mol. The zero-order valence-electron chi connectivity index (χ0n) is 11.2. The van der Waals surface area contributed by atoms with E-state index in [1.807, 2.05) is 31.2 Å². The van der Waals surface area contributed by atoms with E-state index in [1.165, 1.54) is 7.11 Å². The smallest absolute Gasteiger partial charge is 0.249 e. The quantitative estimate of drug-likeness (QED) is 0.805. The molecule has 0 aliphatic heterocycles. The average Bonchev–Trinajstić information content (AvgIpc) is 2.42. The number of ether oxygens (including phenoxy) is 2. The van der Waals surface area contributed by atoms with Crippen LogP contribution >= 0.6 is 0 Å². The second-order valence-electron chi connectivity index (χ2n) is 4.00. The summed E-state index contributed by atoms with van der Waals surface area (Å²) >= 11 is 0. The van der Waals surface area contributed by atoms with Crippen molar-refractivity contribution in [3.8, 4) is 0 Å². The van der Waals surface area contributed by atoms with Gasteiger partial charge in [-0.3, -0.25) is 4.79 Å². The summed E-state index contributed by atoms with van der Waals surface area (Å²) in [7, 11) is 1.52. The van der Waals surface area contributed by atoms with E-state index in [0.29, 0.717) is 19.8 Å². The Kier molecular flexibility index (Phi) is 6.39. The van der Waals surface area contributed by atoms with Crippen LogP contribution in [-0.4, -0.2) is 25.7 Å². The van der Waals surface area contributed by atoms with Crippen molar-refractivity contribution in [2.24, 2.45) is 0 Å². The normalized spacial score (nSPS) is 12.2. The zero-order valence-corrected chi connectivity index (χ0v) is 11.2. The summed E-state index contributed by atoms with van der Waals surface area (Å²) in [5, 5.41) is 2.85. The molecule has 1 unspecified atom stereocenters. The molecule has 0 aromatic heterocycles. The molecule has 0 saturated carbocycles. The fraction of sp³-hybridized carbons (Fsp3) is 0.500. The van der Waals surface area contributed by atoms with Gasteiger partial charge < -0.3 is 14.8 Å². The summed E-state index contributed by atoms with van der Waals surface area (Å²) in [4.78, 5) is 11.6. The molecule has 0 bridgehead atoms. The molecule has 0 saturated heterocycles. The number of hydrogen-bond donors (Lipinski definition) is 1. The van der Waals surface area contributed by atoms with Gasteiger partial charge >= 0.3 is 0 Å². The van der Waals surface area contributed by atoms with Crippen LogP contribution < -0.4 is 5.32 Å². The maximum atomic E-state index is 11.6. The second-order valence-corrected chi connectivity index (χ2v) is 4.00. The van der Waals surface area contributed by atoms with Gasteiger partial charge in [-0.1, -0.05) is 24.3 Å². The Balaban J connectivity index is 2.58. The van der Waals surface area contributed by atoms with Gasteiger partial charge in [-0.2, -0.15) is 0 Å². The SMILES string of the molecule is CCOCc1ccccc1CNC(=O)C(C)OC. The van der Waals surface area contributed by atoms with Crippen LogP contribution in [0.3, 0.4) is 0 Å². The first-order valence-corrected chi connectivity index (χ1v) is 6.14. The summed E-state index contributed by atoms with van der Waals surface area (Å²) in [6, 6.07) is 7.93. The third-order valence-electron chi connectivity index (χ3n) is 2.76. The summed E-state index contributed by atoms with van der Waals surface area (Å²) in [6.07, 6.45) is -0.427. The first-order chi connectivity index (χ1) is 8.69. The fourth-order valence-electron chi connectivity index (χ4n) is 1.52. The minimum Gasteiger partial charge on any atom is -0.377 e. The zero-order chi connectivity index (χ0) is 13.4. The van der Waals surface area contributed by atoms with Gasteiger partial charge in [0.25, 0.3) is 0 Å². The molecular formula is C14H21NO3. The number of benzene rings is 1. The van der Waals surface area contributed by atoms with Gasteiger partial charge in [0.1, 0.15) is 6.10 Å². The lowest BCUT2D eigenvalue weighted by atomic mass is 10.1. The molecule has 1 rings (SSSR count).